The third-order valence-electron chi connectivity index (χ3n) is 4.10. The quantitative estimate of drug-likeness (QED) is 0.927. The Morgan fingerprint density at radius 3 is 2.77 bits per heavy atom. The Hall–Kier alpha value is -2.17. The number of pyridine rings is 2. The zero-order valence-corrected chi connectivity index (χ0v) is 13.1. The average Bonchev–Trinajstić information content (AvgIpc) is 2.54. The van der Waals surface area contributed by atoms with Crippen LogP contribution in [-0.4, -0.2) is 40.0 Å². The zero-order valence-electron chi connectivity index (χ0n) is 13.1. The molecule has 0 spiro atoms. The standard InChI is InChI=1S/C17H22N4O/c1-12(2)19-17(22)21-10-7-13(8-11-21)15-6-5-14-4-3-9-18-16(14)20-15/h3-6,9,12-13H,7-8,10-11H2,1-2H3,(H,19,22). The molecular formula is C17H22N4O. The van der Waals surface area contributed by atoms with Gasteiger partial charge in [-0.2, -0.15) is 0 Å². The number of carbonyl (C=O) groups excluding carboxylic acids is 1. The summed E-state index contributed by atoms with van der Waals surface area (Å²) in [6, 6.07) is 8.36. The highest BCUT2D eigenvalue weighted by Crippen LogP contribution is 2.27. The molecule has 1 aliphatic rings. The Morgan fingerprint density at radius 2 is 2.05 bits per heavy atom. The molecule has 2 aromatic rings. The lowest BCUT2D eigenvalue weighted by atomic mass is 9.93. The van der Waals surface area contributed by atoms with Crippen molar-refractivity contribution in [1.29, 1.82) is 0 Å². The summed E-state index contributed by atoms with van der Waals surface area (Å²) in [7, 11) is 0. The Balaban J connectivity index is 1.66. The molecule has 1 aliphatic heterocycles. The highest BCUT2D eigenvalue weighted by Gasteiger charge is 2.24. The molecule has 5 heteroatoms. The molecule has 0 bridgehead atoms. The number of urea groups is 1. The van der Waals surface area contributed by atoms with Gasteiger partial charge < -0.3 is 10.2 Å². The number of fused-ring (bicyclic) bond motifs is 1. The topological polar surface area (TPSA) is 58.1 Å². The van der Waals surface area contributed by atoms with Crippen molar-refractivity contribution in [3.63, 3.8) is 0 Å². The molecule has 1 fully saturated rings. The van der Waals surface area contributed by atoms with Gasteiger partial charge in [0, 0.05) is 42.3 Å². The highest BCUT2D eigenvalue weighted by atomic mass is 16.2. The predicted molar refractivity (Wildman–Crippen MR) is 86.8 cm³/mol. The van der Waals surface area contributed by atoms with Crippen LogP contribution in [0.25, 0.3) is 11.0 Å². The summed E-state index contributed by atoms with van der Waals surface area (Å²) >= 11 is 0. The number of nitrogens with one attached hydrogen (secondary N) is 1. The molecule has 22 heavy (non-hydrogen) atoms. The molecule has 116 valence electrons. The Morgan fingerprint density at radius 1 is 1.27 bits per heavy atom. The summed E-state index contributed by atoms with van der Waals surface area (Å²) in [4.78, 5) is 22.9. The van der Waals surface area contributed by atoms with Gasteiger partial charge in [0.25, 0.3) is 0 Å². The van der Waals surface area contributed by atoms with Crippen molar-refractivity contribution in [2.24, 2.45) is 0 Å². The molecule has 3 heterocycles. The SMILES string of the molecule is CC(C)NC(=O)N1CCC(c2ccc3cccnc3n2)CC1. The molecule has 1 N–H and O–H groups in total. The number of likely N-dealkylation sites (tertiary alicyclic amines) is 1. The van der Waals surface area contributed by atoms with Crippen molar-refractivity contribution in [3.8, 4) is 0 Å². The first-order chi connectivity index (χ1) is 10.6. The van der Waals surface area contributed by atoms with E-state index in [0.29, 0.717) is 5.92 Å². The maximum atomic E-state index is 12.0. The van der Waals surface area contributed by atoms with Gasteiger partial charge in [-0.1, -0.05) is 0 Å². The maximum Gasteiger partial charge on any atom is 0.317 e. The summed E-state index contributed by atoms with van der Waals surface area (Å²) in [5.41, 5.74) is 1.90. The van der Waals surface area contributed by atoms with Crippen LogP contribution in [0.4, 0.5) is 4.79 Å². The van der Waals surface area contributed by atoms with Crippen molar-refractivity contribution in [2.75, 3.05) is 13.1 Å². The first-order valence-electron chi connectivity index (χ1n) is 7.90. The van der Waals surface area contributed by atoms with Crippen LogP contribution in [0, 0.1) is 0 Å². The molecule has 1 saturated heterocycles. The third-order valence-corrected chi connectivity index (χ3v) is 4.10. The number of amides is 2. The summed E-state index contributed by atoms with van der Waals surface area (Å²) in [6.45, 7) is 5.53. The summed E-state index contributed by atoms with van der Waals surface area (Å²) < 4.78 is 0. The molecule has 2 amide bonds. The molecule has 0 unspecified atom stereocenters. The summed E-state index contributed by atoms with van der Waals surface area (Å²) in [6.07, 6.45) is 3.69. The second-order valence-corrected chi connectivity index (χ2v) is 6.15. The summed E-state index contributed by atoms with van der Waals surface area (Å²) in [5.74, 6) is 0.412. The van der Waals surface area contributed by atoms with Gasteiger partial charge in [-0.15, -0.1) is 0 Å². The smallest absolute Gasteiger partial charge is 0.317 e. The first kappa shape index (κ1) is 14.8. The number of hydrogen-bond donors (Lipinski definition) is 1. The minimum atomic E-state index is 0.0431. The molecule has 0 radical (unpaired) electrons. The maximum absolute atomic E-state index is 12.0. The predicted octanol–water partition coefficient (Wildman–Crippen LogP) is 2.93. The van der Waals surface area contributed by atoms with E-state index >= 15 is 0 Å². The first-order valence-corrected chi connectivity index (χ1v) is 7.90. The van der Waals surface area contributed by atoms with Crippen LogP contribution in [-0.2, 0) is 0 Å². The second-order valence-electron chi connectivity index (χ2n) is 6.15. The van der Waals surface area contributed by atoms with Crippen molar-refractivity contribution in [1.82, 2.24) is 20.2 Å². The number of carbonyl (C=O) groups is 1. The highest BCUT2D eigenvalue weighted by molar-refractivity contribution is 5.75. The van der Waals surface area contributed by atoms with E-state index in [2.05, 4.69) is 27.4 Å². The fraction of sp³-hybridized carbons (Fsp3) is 0.471. The van der Waals surface area contributed by atoms with Crippen molar-refractivity contribution in [2.45, 2.75) is 38.6 Å². The van der Waals surface area contributed by atoms with Gasteiger partial charge in [0.2, 0.25) is 0 Å². The molecule has 2 aromatic heterocycles. The van der Waals surface area contributed by atoms with Gasteiger partial charge in [-0.05, 0) is 51.0 Å². The summed E-state index contributed by atoms with van der Waals surface area (Å²) in [5, 5.41) is 4.02. The Bertz CT molecular complexity index is 663. The molecule has 5 nitrogen and oxygen atoms in total. The average molecular weight is 298 g/mol. The number of rotatable bonds is 2. The number of piperidine rings is 1. The third kappa shape index (κ3) is 3.18. The second kappa shape index (κ2) is 6.30. The van der Waals surface area contributed by atoms with Crippen LogP contribution in [0.15, 0.2) is 30.5 Å². The van der Waals surface area contributed by atoms with Crippen LogP contribution < -0.4 is 5.32 Å². The van der Waals surface area contributed by atoms with Crippen LogP contribution in [0.5, 0.6) is 0 Å². The van der Waals surface area contributed by atoms with Crippen molar-refractivity contribution >= 4 is 17.1 Å². The number of hydrogen-bond acceptors (Lipinski definition) is 3. The van der Waals surface area contributed by atoms with Crippen LogP contribution >= 0.6 is 0 Å². The Labute approximate surface area is 130 Å². The molecule has 0 saturated carbocycles. The van der Waals surface area contributed by atoms with Crippen LogP contribution in [0.1, 0.15) is 38.3 Å². The molecule has 0 aliphatic carbocycles. The minimum absolute atomic E-state index is 0.0431. The Kier molecular flexibility index (Phi) is 4.22. The monoisotopic (exact) mass is 298 g/mol. The van der Waals surface area contributed by atoms with E-state index in [9.17, 15) is 4.79 Å². The van der Waals surface area contributed by atoms with Crippen molar-refractivity contribution in [3.05, 3.63) is 36.2 Å². The van der Waals surface area contributed by atoms with Crippen LogP contribution in [0.2, 0.25) is 0 Å². The fourth-order valence-electron chi connectivity index (χ4n) is 2.91. The van der Waals surface area contributed by atoms with Crippen molar-refractivity contribution < 1.29 is 4.79 Å². The van der Waals surface area contributed by atoms with E-state index in [-0.39, 0.29) is 12.1 Å². The van der Waals surface area contributed by atoms with Crippen LogP contribution in [0.3, 0.4) is 0 Å². The van der Waals surface area contributed by atoms with Gasteiger partial charge in [-0.25, -0.2) is 14.8 Å². The zero-order chi connectivity index (χ0) is 15.5. The van der Waals surface area contributed by atoms with E-state index < -0.39 is 0 Å². The largest absolute Gasteiger partial charge is 0.336 e. The molecular weight excluding hydrogens is 276 g/mol. The van der Waals surface area contributed by atoms with Gasteiger partial charge in [0.15, 0.2) is 5.65 Å². The lowest BCUT2D eigenvalue weighted by Gasteiger charge is -2.32. The lowest BCUT2D eigenvalue weighted by Crippen LogP contribution is -2.46. The van der Waals surface area contributed by atoms with E-state index in [1.807, 2.05) is 30.9 Å². The van der Waals surface area contributed by atoms with E-state index in [1.165, 1.54) is 0 Å². The van der Waals surface area contributed by atoms with Gasteiger partial charge >= 0.3 is 6.03 Å². The van der Waals surface area contributed by atoms with Gasteiger partial charge in [-0.3, -0.25) is 0 Å². The van der Waals surface area contributed by atoms with E-state index in [4.69, 9.17) is 0 Å². The number of nitrogens with zero attached hydrogens (tertiary/aromatic N) is 3. The van der Waals surface area contributed by atoms with Gasteiger partial charge in [0.1, 0.15) is 0 Å². The fourth-order valence-corrected chi connectivity index (χ4v) is 2.91. The van der Waals surface area contributed by atoms with E-state index in [0.717, 1.165) is 42.7 Å². The molecule has 0 atom stereocenters. The minimum Gasteiger partial charge on any atom is -0.336 e. The molecule has 3 rings (SSSR count). The lowest BCUT2D eigenvalue weighted by molar-refractivity contribution is 0.178. The van der Waals surface area contributed by atoms with E-state index in [1.54, 1.807) is 6.20 Å². The van der Waals surface area contributed by atoms with Gasteiger partial charge in [0.05, 0.1) is 0 Å². The number of aromatic nitrogens is 2. The molecule has 0 aromatic carbocycles. The normalized spacial score (nSPS) is 16.2.